The molecule has 6 aromatic carbocycles. The minimum absolute atomic E-state index is 0.0880. The smallest absolute Gasteiger partial charge is 0.123 e. The number of fused-ring (bicyclic) bond motifs is 1. The lowest BCUT2D eigenvalue weighted by Crippen LogP contribution is -1.83. The molecule has 0 aliphatic heterocycles. The minimum atomic E-state index is 0.0880. The van der Waals surface area contributed by atoms with Crippen molar-refractivity contribution < 1.29 is 35.7 Å². The van der Waals surface area contributed by atoms with Crippen molar-refractivity contribution in [1.29, 1.82) is 0 Å². The number of hydrogen-bond donors (Lipinski definition) is 9. The van der Waals surface area contributed by atoms with Gasteiger partial charge in [0.2, 0.25) is 0 Å². The molecule has 0 saturated carbocycles. The quantitative estimate of drug-likeness (QED) is 0.0793. The summed E-state index contributed by atoms with van der Waals surface area (Å²) in [6.07, 6.45) is 0. The standard InChI is InChI=1S/C10H8O.C7H9NO.C7H8O2.C6H7NO.C6H6O2/c11-10-7-3-5-8-4-1-2-6-9(8)10;1-5-2-3-6(8)4-7(5)9;1-5-6(8)3-2-4-7(5)9;2*7-5-2-1-3-6(8)4-5/h1-7,11H;2-4,9H,8H2,1H3;2-4,8-9H,1H3;1-4,8H,7H2;1-4,7-8H. The predicted octanol–water partition coefficient (Wildman–Crippen LogP) is 7.31. The number of hydrogen-bond acceptors (Lipinski definition) is 9. The molecule has 0 aliphatic carbocycles. The molecule has 0 amide bonds. The van der Waals surface area contributed by atoms with E-state index in [4.69, 9.17) is 42.1 Å². The summed E-state index contributed by atoms with van der Waals surface area (Å²) in [7, 11) is 0. The molecular formula is C36H38N2O7. The van der Waals surface area contributed by atoms with Gasteiger partial charge in [-0.25, -0.2) is 0 Å². The largest absolute Gasteiger partial charge is 0.508 e. The van der Waals surface area contributed by atoms with E-state index in [2.05, 4.69) is 0 Å². The zero-order valence-corrected chi connectivity index (χ0v) is 24.9. The van der Waals surface area contributed by atoms with E-state index in [9.17, 15) is 5.11 Å². The monoisotopic (exact) mass is 610 g/mol. The molecule has 0 unspecified atom stereocenters. The van der Waals surface area contributed by atoms with Crippen molar-refractivity contribution in [2.24, 2.45) is 0 Å². The number of phenols is 7. The van der Waals surface area contributed by atoms with Gasteiger partial charge in [-0.1, -0.05) is 60.7 Å². The number of nitrogen functional groups attached to an aromatic ring is 2. The minimum Gasteiger partial charge on any atom is -0.508 e. The van der Waals surface area contributed by atoms with Gasteiger partial charge in [0.05, 0.1) is 0 Å². The molecule has 0 fully saturated rings. The summed E-state index contributed by atoms with van der Waals surface area (Å²) in [5, 5.41) is 64.3. The van der Waals surface area contributed by atoms with Gasteiger partial charge in [-0.3, -0.25) is 0 Å². The van der Waals surface area contributed by atoms with Gasteiger partial charge in [-0.05, 0) is 73.3 Å². The molecule has 0 atom stereocenters. The molecule has 0 saturated heterocycles. The lowest BCUT2D eigenvalue weighted by atomic mass is 10.1. The molecule has 0 radical (unpaired) electrons. The van der Waals surface area contributed by atoms with Gasteiger partial charge >= 0.3 is 0 Å². The van der Waals surface area contributed by atoms with E-state index >= 15 is 0 Å². The van der Waals surface area contributed by atoms with Gasteiger partial charge in [0, 0.05) is 40.5 Å². The highest BCUT2D eigenvalue weighted by Crippen LogP contribution is 2.24. The molecule has 0 heterocycles. The Bertz CT molecular complexity index is 1690. The van der Waals surface area contributed by atoms with Crippen LogP contribution in [-0.2, 0) is 0 Å². The van der Waals surface area contributed by atoms with Crippen molar-refractivity contribution >= 4 is 22.1 Å². The summed E-state index contributed by atoms with van der Waals surface area (Å²) in [5.74, 6) is 1.27. The fraction of sp³-hybridized carbons (Fsp3) is 0.0556. The Morgan fingerprint density at radius 3 is 1.31 bits per heavy atom. The molecule has 9 nitrogen and oxygen atoms in total. The molecule has 0 aromatic heterocycles. The van der Waals surface area contributed by atoms with Gasteiger partial charge < -0.3 is 47.2 Å². The second-order valence-electron chi connectivity index (χ2n) is 9.58. The maximum absolute atomic E-state index is 9.37. The van der Waals surface area contributed by atoms with Crippen LogP contribution in [0.15, 0.2) is 127 Å². The first-order chi connectivity index (χ1) is 21.4. The number of nitrogens with two attached hydrogens (primary N) is 2. The van der Waals surface area contributed by atoms with Crippen LogP contribution < -0.4 is 11.5 Å². The van der Waals surface area contributed by atoms with Gasteiger partial charge in [-0.15, -0.1) is 0 Å². The van der Waals surface area contributed by atoms with Gasteiger partial charge in [0.25, 0.3) is 0 Å². The fourth-order valence-electron chi connectivity index (χ4n) is 3.46. The van der Waals surface area contributed by atoms with Crippen molar-refractivity contribution in [2.75, 3.05) is 11.5 Å². The molecule has 6 rings (SSSR count). The van der Waals surface area contributed by atoms with E-state index in [1.807, 2.05) is 43.3 Å². The van der Waals surface area contributed by atoms with Gasteiger partial charge in [0.1, 0.15) is 40.2 Å². The van der Waals surface area contributed by atoms with Crippen LogP contribution in [0.25, 0.3) is 10.8 Å². The SMILES string of the molecule is Cc1c(O)cccc1O.Cc1ccc(N)cc1O.Nc1cccc(O)c1.Oc1cccc(O)c1.Oc1cccc2ccccc12. The summed E-state index contributed by atoms with van der Waals surface area (Å²) in [6.45, 7) is 3.49. The first kappa shape index (κ1) is 35.0. The van der Waals surface area contributed by atoms with E-state index in [1.165, 1.54) is 42.5 Å². The van der Waals surface area contributed by atoms with Crippen LogP contribution in [-0.4, -0.2) is 35.7 Å². The van der Waals surface area contributed by atoms with Crippen LogP contribution in [0.3, 0.4) is 0 Å². The Balaban J connectivity index is 0.000000197. The summed E-state index contributed by atoms with van der Waals surface area (Å²) < 4.78 is 0. The molecule has 0 spiro atoms. The Morgan fingerprint density at radius 1 is 0.400 bits per heavy atom. The highest BCUT2D eigenvalue weighted by Gasteiger charge is 1.97. The lowest BCUT2D eigenvalue weighted by Gasteiger charge is -1.98. The molecule has 9 heteroatoms. The molecule has 234 valence electrons. The van der Waals surface area contributed by atoms with Crippen LogP contribution in [0.4, 0.5) is 11.4 Å². The number of benzene rings is 6. The van der Waals surface area contributed by atoms with Gasteiger partial charge in [0.15, 0.2) is 0 Å². The third-order valence-electron chi connectivity index (χ3n) is 5.98. The summed E-state index contributed by atoms with van der Waals surface area (Å²) in [6, 6.07) is 35.4. The summed E-state index contributed by atoms with van der Waals surface area (Å²) in [5.41, 5.74) is 13.2. The van der Waals surface area contributed by atoms with Crippen LogP contribution in [0.2, 0.25) is 0 Å². The molecule has 0 aliphatic rings. The zero-order chi connectivity index (χ0) is 33.4. The first-order valence-electron chi connectivity index (χ1n) is 13.6. The predicted molar refractivity (Wildman–Crippen MR) is 180 cm³/mol. The molecule has 11 N–H and O–H groups in total. The van der Waals surface area contributed by atoms with E-state index in [-0.39, 0.29) is 34.5 Å². The van der Waals surface area contributed by atoms with E-state index < -0.39 is 0 Å². The van der Waals surface area contributed by atoms with Crippen LogP contribution in [0.1, 0.15) is 11.1 Å². The van der Waals surface area contributed by atoms with E-state index in [0.717, 1.165) is 16.3 Å². The third-order valence-corrected chi connectivity index (χ3v) is 5.98. The summed E-state index contributed by atoms with van der Waals surface area (Å²) in [4.78, 5) is 0. The number of aromatic hydroxyl groups is 7. The third kappa shape index (κ3) is 12.7. The Labute approximate surface area is 261 Å². The van der Waals surface area contributed by atoms with E-state index in [1.54, 1.807) is 55.5 Å². The number of aryl methyl sites for hydroxylation is 1. The van der Waals surface area contributed by atoms with Crippen LogP contribution >= 0.6 is 0 Å². The van der Waals surface area contributed by atoms with Crippen molar-refractivity contribution in [3.63, 3.8) is 0 Å². The lowest BCUT2D eigenvalue weighted by molar-refractivity contribution is 0.443. The van der Waals surface area contributed by atoms with Crippen molar-refractivity contribution in [3.8, 4) is 40.2 Å². The Morgan fingerprint density at radius 2 is 0.867 bits per heavy atom. The van der Waals surface area contributed by atoms with Crippen LogP contribution in [0.5, 0.6) is 40.2 Å². The second kappa shape index (κ2) is 17.7. The van der Waals surface area contributed by atoms with Crippen molar-refractivity contribution in [2.45, 2.75) is 13.8 Å². The molecule has 0 bridgehead atoms. The average molecular weight is 611 g/mol. The molecule has 45 heavy (non-hydrogen) atoms. The topological polar surface area (TPSA) is 194 Å². The number of anilines is 2. The maximum Gasteiger partial charge on any atom is 0.123 e. The number of phenolic OH excluding ortho intramolecular Hbond substituents is 7. The van der Waals surface area contributed by atoms with Crippen molar-refractivity contribution in [1.82, 2.24) is 0 Å². The Kier molecular flexibility index (Phi) is 13.7. The summed E-state index contributed by atoms with van der Waals surface area (Å²) >= 11 is 0. The van der Waals surface area contributed by atoms with E-state index in [0.29, 0.717) is 22.7 Å². The molecular weight excluding hydrogens is 572 g/mol. The first-order valence-corrected chi connectivity index (χ1v) is 13.6. The fourth-order valence-corrected chi connectivity index (χ4v) is 3.46. The maximum atomic E-state index is 9.37. The zero-order valence-electron chi connectivity index (χ0n) is 24.9. The second-order valence-corrected chi connectivity index (χ2v) is 9.58. The highest BCUT2D eigenvalue weighted by molar-refractivity contribution is 5.87. The van der Waals surface area contributed by atoms with Crippen LogP contribution in [0, 0.1) is 13.8 Å². The molecule has 6 aromatic rings. The van der Waals surface area contributed by atoms with Gasteiger partial charge in [-0.2, -0.15) is 0 Å². The average Bonchev–Trinajstić information content (AvgIpc) is 2.99. The number of rotatable bonds is 0. The van der Waals surface area contributed by atoms with Crippen molar-refractivity contribution in [3.05, 3.63) is 139 Å². The normalized spacial score (nSPS) is 9.47. The highest BCUT2D eigenvalue weighted by atomic mass is 16.3. The Hall–Kier alpha value is -6.22.